The summed E-state index contributed by atoms with van der Waals surface area (Å²) in [5.74, 6) is -0.608. The van der Waals surface area contributed by atoms with E-state index in [2.05, 4.69) is 36.3 Å². The van der Waals surface area contributed by atoms with Crippen LogP contribution in [-0.2, 0) is 7.05 Å². The largest absolute Gasteiger partial charge is 0.333 e. The van der Waals surface area contributed by atoms with Crippen LogP contribution in [0.25, 0.3) is 33.3 Å². The van der Waals surface area contributed by atoms with Crippen LogP contribution in [0.4, 0.5) is 10.1 Å². The molecular formula is C20H17FIN5O2S. The van der Waals surface area contributed by atoms with Gasteiger partial charge in [-0.1, -0.05) is 0 Å². The SMILES string of the molecule is Cc1c(F)cc(-c2c(SI)[nH]c3ncc(-c4cnn(C)c4C)c(C)c23)cc1[N+](=O)[O-]. The quantitative estimate of drug-likeness (QED) is 0.195. The van der Waals surface area contributed by atoms with E-state index in [4.69, 9.17) is 0 Å². The molecule has 0 amide bonds. The van der Waals surface area contributed by atoms with Crippen molar-refractivity contribution in [3.05, 3.63) is 57.3 Å². The Hall–Kier alpha value is -2.47. The second-order valence-electron chi connectivity index (χ2n) is 7.05. The number of nitro groups is 1. The number of nitrogens with one attached hydrogen (secondary N) is 1. The molecule has 0 radical (unpaired) electrons. The van der Waals surface area contributed by atoms with Gasteiger partial charge in [0.2, 0.25) is 0 Å². The number of aromatic amines is 1. The molecule has 0 saturated heterocycles. The zero-order valence-electron chi connectivity index (χ0n) is 16.6. The molecule has 0 bridgehead atoms. The van der Waals surface area contributed by atoms with Crippen molar-refractivity contribution in [1.82, 2.24) is 19.7 Å². The number of hydrogen-bond acceptors (Lipinski definition) is 5. The average Bonchev–Trinajstić information content (AvgIpc) is 3.25. The summed E-state index contributed by atoms with van der Waals surface area (Å²) in [5.41, 5.74) is 5.40. The van der Waals surface area contributed by atoms with Crippen molar-refractivity contribution in [2.45, 2.75) is 25.8 Å². The Morgan fingerprint density at radius 1 is 1.20 bits per heavy atom. The molecule has 0 unspecified atom stereocenters. The first-order chi connectivity index (χ1) is 14.2. The number of nitrogens with zero attached hydrogens (tertiary/aromatic N) is 4. The molecule has 3 heterocycles. The molecule has 7 nitrogen and oxygen atoms in total. The highest BCUT2D eigenvalue weighted by Crippen LogP contribution is 2.44. The van der Waals surface area contributed by atoms with E-state index in [1.807, 2.05) is 20.9 Å². The lowest BCUT2D eigenvalue weighted by Gasteiger charge is -2.10. The Bertz CT molecular complexity index is 1330. The molecule has 0 fully saturated rings. The second kappa shape index (κ2) is 7.65. The first-order valence-corrected chi connectivity index (χ1v) is 12.3. The van der Waals surface area contributed by atoms with Crippen LogP contribution < -0.4 is 0 Å². The van der Waals surface area contributed by atoms with Crippen molar-refractivity contribution in [1.29, 1.82) is 0 Å². The van der Waals surface area contributed by atoms with Crippen molar-refractivity contribution < 1.29 is 9.31 Å². The van der Waals surface area contributed by atoms with E-state index in [9.17, 15) is 14.5 Å². The Labute approximate surface area is 187 Å². The fourth-order valence-electron chi connectivity index (χ4n) is 3.65. The van der Waals surface area contributed by atoms with Gasteiger partial charge in [0, 0.05) is 68.3 Å². The third-order valence-electron chi connectivity index (χ3n) is 5.45. The Kier molecular flexibility index (Phi) is 5.30. The van der Waals surface area contributed by atoms with Crippen LogP contribution in [0.15, 0.2) is 29.6 Å². The van der Waals surface area contributed by atoms with Gasteiger partial charge in [0.25, 0.3) is 5.69 Å². The van der Waals surface area contributed by atoms with Crippen LogP contribution >= 0.6 is 30.1 Å². The Balaban J connectivity index is 2.06. The summed E-state index contributed by atoms with van der Waals surface area (Å²) < 4.78 is 16.4. The minimum Gasteiger partial charge on any atom is -0.333 e. The van der Waals surface area contributed by atoms with E-state index in [0.717, 1.165) is 32.8 Å². The van der Waals surface area contributed by atoms with Crippen molar-refractivity contribution >= 4 is 46.9 Å². The molecule has 10 heteroatoms. The molecule has 0 aliphatic rings. The number of hydrogen-bond donors (Lipinski definition) is 1. The van der Waals surface area contributed by atoms with E-state index in [-0.39, 0.29) is 11.3 Å². The van der Waals surface area contributed by atoms with Crippen molar-refractivity contribution in [3.63, 3.8) is 0 Å². The zero-order valence-corrected chi connectivity index (χ0v) is 19.6. The summed E-state index contributed by atoms with van der Waals surface area (Å²) in [6.07, 6.45) is 3.59. The lowest BCUT2D eigenvalue weighted by Crippen LogP contribution is -1.96. The molecule has 0 atom stereocenters. The molecule has 0 aliphatic carbocycles. The third-order valence-corrected chi connectivity index (χ3v) is 7.23. The second-order valence-corrected chi connectivity index (χ2v) is 8.94. The van der Waals surface area contributed by atoms with Gasteiger partial charge in [-0.15, -0.1) is 0 Å². The molecule has 0 spiro atoms. The first kappa shape index (κ1) is 20.8. The predicted molar refractivity (Wildman–Crippen MR) is 124 cm³/mol. The monoisotopic (exact) mass is 537 g/mol. The number of halogens is 2. The van der Waals surface area contributed by atoms with Gasteiger partial charge in [0.15, 0.2) is 0 Å². The van der Waals surface area contributed by atoms with Crippen molar-refractivity contribution in [2.24, 2.45) is 7.05 Å². The average molecular weight is 537 g/mol. The number of aromatic nitrogens is 4. The van der Waals surface area contributed by atoms with Crippen molar-refractivity contribution in [3.8, 4) is 22.3 Å². The normalized spacial score (nSPS) is 11.4. The van der Waals surface area contributed by atoms with Crippen molar-refractivity contribution in [2.75, 3.05) is 0 Å². The van der Waals surface area contributed by atoms with Gasteiger partial charge >= 0.3 is 0 Å². The van der Waals surface area contributed by atoms with Crippen LogP contribution in [0.1, 0.15) is 16.8 Å². The molecular weight excluding hydrogens is 520 g/mol. The van der Waals surface area contributed by atoms with E-state index in [1.54, 1.807) is 17.1 Å². The lowest BCUT2D eigenvalue weighted by molar-refractivity contribution is -0.385. The van der Waals surface area contributed by atoms with Gasteiger partial charge in [-0.25, -0.2) is 9.37 Å². The topological polar surface area (TPSA) is 89.6 Å². The third kappa shape index (κ3) is 3.18. The fourth-order valence-corrected chi connectivity index (χ4v) is 5.08. The Morgan fingerprint density at radius 2 is 1.93 bits per heavy atom. The number of pyridine rings is 1. The molecule has 0 aliphatic heterocycles. The molecule has 154 valence electrons. The molecule has 3 aromatic heterocycles. The highest BCUT2D eigenvalue weighted by Gasteiger charge is 2.24. The molecule has 0 saturated carbocycles. The van der Waals surface area contributed by atoms with Gasteiger partial charge in [-0.05, 0) is 46.9 Å². The Morgan fingerprint density at radius 3 is 2.53 bits per heavy atom. The van der Waals surface area contributed by atoms with Gasteiger partial charge in [0.05, 0.1) is 21.7 Å². The maximum absolute atomic E-state index is 14.6. The number of rotatable bonds is 4. The molecule has 1 aromatic carbocycles. The van der Waals surface area contributed by atoms with Gasteiger partial charge in [-0.2, -0.15) is 5.10 Å². The number of nitro benzene ring substituents is 1. The summed E-state index contributed by atoms with van der Waals surface area (Å²) >= 11 is 2.14. The molecule has 4 rings (SSSR count). The first-order valence-electron chi connectivity index (χ1n) is 8.98. The smallest absolute Gasteiger partial charge is 0.275 e. The minimum atomic E-state index is -0.608. The van der Waals surface area contributed by atoms with E-state index in [0.29, 0.717) is 16.8 Å². The van der Waals surface area contributed by atoms with Crippen LogP contribution in [0.5, 0.6) is 0 Å². The van der Waals surface area contributed by atoms with E-state index < -0.39 is 10.7 Å². The molecule has 4 aromatic rings. The van der Waals surface area contributed by atoms with Crippen LogP contribution in [0.2, 0.25) is 0 Å². The van der Waals surface area contributed by atoms with Crippen LogP contribution in [0.3, 0.4) is 0 Å². The van der Waals surface area contributed by atoms with E-state index in [1.165, 1.54) is 28.0 Å². The number of benzene rings is 1. The van der Waals surface area contributed by atoms with Crippen LogP contribution in [-0.4, -0.2) is 24.7 Å². The summed E-state index contributed by atoms with van der Waals surface area (Å²) in [5, 5.41) is 17.4. The highest BCUT2D eigenvalue weighted by atomic mass is 127. The van der Waals surface area contributed by atoms with Crippen LogP contribution in [0, 0.1) is 36.7 Å². The summed E-state index contributed by atoms with van der Waals surface area (Å²) in [7, 11) is 3.30. The number of aryl methyl sites for hydroxylation is 2. The standard InChI is InChI=1S/C20H17FIN5O2S/c1-9-13(14-8-24-26(4)11(14)3)7-23-19-17(9)18(20(25-19)30-22)12-5-15(21)10(2)16(6-12)27(28)29/h5-8H,1-4H3,(H,23,25). The van der Waals surface area contributed by atoms with E-state index >= 15 is 0 Å². The molecule has 1 N–H and O–H groups in total. The number of fused-ring (bicyclic) bond motifs is 1. The zero-order chi connectivity index (χ0) is 21.7. The van der Waals surface area contributed by atoms with Gasteiger partial charge in [0.1, 0.15) is 11.5 Å². The lowest BCUT2D eigenvalue weighted by atomic mass is 9.96. The number of H-pyrrole nitrogens is 1. The summed E-state index contributed by atoms with van der Waals surface area (Å²) in [6, 6.07) is 2.78. The maximum Gasteiger partial charge on any atom is 0.275 e. The van der Waals surface area contributed by atoms with Gasteiger partial charge in [-0.3, -0.25) is 14.8 Å². The minimum absolute atomic E-state index is 0.0220. The predicted octanol–water partition coefficient (Wildman–Crippen LogP) is 6.05. The fraction of sp³-hybridized carbons (Fsp3) is 0.200. The summed E-state index contributed by atoms with van der Waals surface area (Å²) in [6.45, 7) is 5.37. The van der Waals surface area contributed by atoms with Gasteiger partial charge < -0.3 is 4.98 Å². The summed E-state index contributed by atoms with van der Waals surface area (Å²) in [4.78, 5) is 18.8. The highest BCUT2D eigenvalue weighted by molar-refractivity contribution is 14.2. The maximum atomic E-state index is 14.6. The molecule has 30 heavy (non-hydrogen) atoms.